The highest BCUT2D eigenvalue weighted by molar-refractivity contribution is 5.79. The summed E-state index contributed by atoms with van der Waals surface area (Å²) in [7, 11) is 1.74. The first kappa shape index (κ1) is 17.5. The molecule has 0 saturated heterocycles. The third-order valence-electron chi connectivity index (χ3n) is 3.62. The van der Waals surface area contributed by atoms with Crippen LogP contribution in [0.3, 0.4) is 0 Å². The second-order valence-electron chi connectivity index (χ2n) is 5.48. The minimum absolute atomic E-state index is 0.429. The molecule has 8 heteroatoms. The maximum Gasteiger partial charge on any atom is 0.276 e. The van der Waals surface area contributed by atoms with Crippen LogP contribution in [0.1, 0.15) is 11.5 Å². The van der Waals surface area contributed by atoms with Crippen molar-refractivity contribution in [3.8, 4) is 11.6 Å². The molecule has 0 amide bonds. The van der Waals surface area contributed by atoms with Crippen molar-refractivity contribution >= 4 is 5.96 Å². The van der Waals surface area contributed by atoms with E-state index >= 15 is 0 Å². The van der Waals surface area contributed by atoms with Crippen molar-refractivity contribution in [3.63, 3.8) is 0 Å². The molecule has 3 heterocycles. The van der Waals surface area contributed by atoms with Crippen LogP contribution in [0.25, 0.3) is 11.6 Å². The van der Waals surface area contributed by atoms with Gasteiger partial charge in [0, 0.05) is 51.1 Å². The van der Waals surface area contributed by atoms with E-state index in [0.29, 0.717) is 30.4 Å². The van der Waals surface area contributed by atoms with Crippen LogP contribution >= 0.6 is 0 Å². The molecule has 3 rings (SSSR count). The average Bonchev–Trinajstić information content (AvgIpc) is 3.17. The lowest BCUT2D eigenvalue weighted by Gasteiger charge is -2.10. The van der Waals surface area contributed by atoms with E-state index in [2.05, 4.69) is 35.7 Å². The van der Waals surface area contributed by atoms with E-state index in [1.54, 1.807) is 19.4 Å². The fraction of sp³-hybridized carbons (Fsp3) is 0.278. The zero-order valence-electron chi connectivity index (χ0n) is 14.6. The summed E-state index contributed by atoms with van der Waals surface area (Å²) in [6.45, 7) is 1.40. The molecule has 3 aromatic rings. The number of nitrogens with one attached hydrogen (secondary N) is 2. The SMILES string of the molecule is CN=C(NCCc1ccccn1)NCCc1noc(-c2ccccn2)n1. The molecule has 2 N–H and O–H groups in total. The number of guanidine groups is 1. The van der Waals surface area contributed by atoms with Crippen molar-refractivity contribution in [3.05, 3.63) is 60.3 Å². The second-order valence-corrected chi connectivity index (χ2v) is 5.48. The summed E-state index contributed by atoms with van der Waals surface area (Å²) in [4.78, 5) is 17.1. The van der Waals surface area contributed by atoms with E-state index in [9.17, 15) is 0 Å². The van der Waals surface area contributed by atoms with Crippen LogP contribution in [0.2, 0.25) is 0 Å². The van der Waals surface area contributed by atoms with Crippen molar-refractivity contribution in [1.82, 2.24) is 30.7 Å². The summed E-state index contributed by atoms with van der Waals surface area (Å²) in [6, 6.07) is 11.5. The van der Waals surface area contributed by atoms with Gasteiger partial charge < -0.3 is 15.2 Å². The van der Waals surface area contributed by atoms with Gasteiger partial charge in [-0.25, -0.2) is 0 Å². The lowest BCUT2D eigenvalue weighted by Crippen LogP contribution is -2.39. The van der Waals surface area contributed by atoms with Gasteiger partial charge in [0.15, 0.2) is 11.8 Å². The summed E-state index contributed by atoms with van der Waals surface area (Å²) in [5.41, 5.74) is 1.72. The minimum atomic E-state index is 0.429. The standard InChI is InChI=1S/C18H21N7O/c1-19-18(22-12-8-14-6-2-4-10-20-14)23-13-9-16-24-17(26-25-16)15-7-3-5-11-21-15/h2-7,10-11H,8-9,12-13H2,1H3,(H2,19,22,23). The fourth-order valence-corrected chi connectivity index (χ4v) is 2.32. The molecule has 0 aliphatic rings. The Morgan fingerprint density at radius 1 is 1.00 bits per heavy atom. The zero-order chi connectivity index (χ0) is 18.0. The predicted molar refractivity (Wildman–Crippen MR) is 98.5 cm³/mol. The van der Waals surface area contributed by atoms with Crippen LogP contribution in [0.15, 0.2) is 58.3 Å². The zero-order valence-corrected chi connectivity index (χ0v) is 14.6. The lowest BCUT2D eigenvalue weighted by atomic mass is 10.3. The van der Waals surface area contributed by atoms with Crippen molar-refractivity contribution in [2.24, 2.45) is 4.99 Å². The van der Waals surface area contributed by atoms with Crippen LogP contribution in [0, 0.1) is 0 Å². The summed E-state index contributed by atoms with van der Waals surface area (Å²) >= 11 is 0. The van der Waals surface area contributed by atoms with Gasteiger partial charge in [-0.1, -0.05) is 17.3 Å². The van der Waals surface area contributed by atoms with Crippen LogP contribution in [0.4, 0.5) is 0 Å². The smallest absolute Gasteiger partial charge is 0.276 e. The van der Waals surface area contributed by atoms with Gasteiger partial charge in [0.1, 0.15) is 5.69 Å². The van der Waals surface area contributed by atoms with Gasteiger partial charge in [-0.05, 0) is 24.3 Å². The molecule has 0 bridgehead atoms. The summed E-state index contributed by atoms with van der Waals surface area (Å²) in [5, 5.41) is 10.5. The Labute approximate surface area is 151 Å². The highest BCUT2D eigenvalue weighted by Crippen LogP contribution is 2.12. The van der Waals surface area contributed by atoms with E-state index in [4.69, 9.17) is 4.52 Å². The normalized spacial score (nSPS) is 11.3. The average molecular weight is 351 g/mol. The largest absolute Gasteiger partial charge is 0.356 e. The molecule has 0 aliphatic carbocycles. The van der Waals surface area contributed by atoms with Gasteiger partial charge in [0.2, 0.25) is 0 Å². The molecule has 0 radical (unpaired) electrons. The van der Waals surface area contributed by atoms with Crippen molar-refractivity contribution in [2.75, 3.05) is 20.1 Å². The molecular formula is C18H21N7O. The summed E-state index contributed by atoms with van der Waals surface area (Å²) in [5.74, 6) is 1.79. The Bertz CT molecular complexity index is 818. The number of hydrogen-bond donors (Lipinski definition) is 2. The van der Waals surface area contributed by atoms with E-state index in [0.717, 1.165) is 24.6 Å². The van der Waals surface area contributed by atoms with Gasteiger partial charge in [-0.2, -0.15) is 4.98 Å². The van der Waals surface area contributed by atoms with Gasteiger partial charge >= 0.3 is 0 Å². The highest BCUT2D eigenvalue weighted by atomic mass is 16.5. The molecule has 3 aromatic heterocycles. The number of rotatable bonds is 7. The maximum atomic E-state index is 5.24. The Kier molecular flexibility index (Phi) is 6.24. The Morgan fingerprint density at radius 3 is 2.46 bits per heavy atom. The van der Waals surface area contributed by atoms with Gasteiger partial charge in [-0.3, -0.25) is 15.0 Å². The third kappa shape index (κ3) is 5.10. The Balaban J connectivity index is 1.41. The molecule has 0 saturated carbocycles. The number of aliphatic imine (C=N–C) groups is 1. The molecule has 0 aliphatic heterocycles. The summed E-state index contributed by atoms with van der Waals surface area (Å²) < 4.78 is 5.24. The molecular weight excluding hydrogens is 330 g/mol. The van der Waals surface area contributed by atoms with Gasteiger partial charge in [0.25, 0.3) is 5.89 Å². The van der Waals surface area contributed by atoms with Gasteiger partial charge in [-0.15, -0.1) is 0 Å². The van der Waals surface area contributed by atoms with E-state index in [-0.39, 0.29) is 0 Å². The van der Waals surface area contributed by atoms with E-state index < -0.39 is 0 Å². The number of nitrogens with zero attached hydrogens (tertiary/aromatic N) is 5. The Morgan fingerprint density at radius 2 is 1.77 bits per heavy atom. The Hall–Kier alpha value is -3.29. The van der Waals surface area contributed by atoms with Crippen molar-refractivity contribution in [2.45, 2.75) is 12.8 Å². The van der Waals surface area contributed by atoms with Crippen LogP contribution in [-0.4, -0.2) is 46.2 Å². The topological polar surface area (TPSA) is 101 Å². The molecule has 0 unspecified atom stereocenters. The van der Waals surface area contributed by atoms with E-state index in [1.165, 1.54) is 0 Å². The number of pyridine rings is 2. The molecule has 8 nitrogen and oxygen atoms in total. The first-order valence-corrected chi connectivity index (χ1v) is 8.43. The molecule has 26 heavy (non-hydrogen) atoms. The molecule has 0 aromatic carbocycles. The molecule has 0 atom stereocenters. The molecule has 0 spiro atoms. The minimum Gasteiger partial charge on any atom is -0.356 e. The fourth-order valence-electron chi connectivity index (χ4n) is 2.32. The van der Waals surface area contributed by atoms with Gasteiger partial charge in [0.05, 0.1) is 0 Å². The van der Waals surface area contributed by atoms with Crippen LogP contribution in [0.5, 0.6) is 0 Å². The van der Waals surface area contributed by atoms with E-state index in [1.807, 2.05) is 36.4 Å². The second kappa shape index (κ2) is 9.26. The van der Waals surface area contributed by atoms with Crippen molar-refractivity contribution in [1.29, 1.82) is 0 Å². The quantitative estimate of drug-likeness (QED) is 0.491. The highest BCUT2D eigenvalue weighted by Gasteiger charge is 2.09. The predicted octanol–water partition coefficient (Wildman–Crippen LogP) is 1.48. The van der Waals surface area contributed by atoms with Crippen LogP contribution in [-0.2, 0) is 12.8 Å². The maximum absolute atomic E-state index is 5.24. The van der Waals surface area contributed by atoms with Crippen LogP contribution < -0.4 is 10.6 Å². The van der Waals surface area contributed by atoms with Crippen molar-refractivity contribution < 1.29 is 4.52 Å². The monoisotopic (exact) mass is 351 g/mol. The molecule has 134 valence electrons. The third-order valence-corrected chi connectivity index (χ3v) is 3.62. The molecule has 0 fully saturated rings. The number of aromatic nitrogens is 4. The summed E-state index contributed by atoms with van der Waals surface area (Å²) in [6.07, 6.45) is 4.95. The lowest BCUT2D eigenvalue weighted by molar-refractivity contribution is 0.421. The number of hydrogen-bond acceptors (Lipinski definition) is 6. The first-order valence-electron chi connectivity index (χ1n) is 8.43. The first-order chi connectivity index (χ1) is 12.8.